The predicted octanol–water partition coefficient (Wildman–Crippen LogP) is 1.77. The minimum absolute atomic E-state index is 0.177. The Morgan fingerprint density at radius 2 is 2.04 bits per heavy atom. The van der Waals surface area contributed by atoms with Gasteiger partial charge in [-0.1, -0.05) is 36.4 Å². The van der Waals surface area contributed by atoms with E-state index in [0.29, 0.717) is 31.0 Å². The second-order valence-electron chi connectivity index (χ2n) is 5.76. The molecule has 0 bridgehead atoms. The highest BCUT2D eigenvalue weighted by Crippen LogP contribution is 2.25. The second-order valence-corrected chi connectivity index (χ2v) is 5.76. The number of hydrogen-bond acceptors (Lipinski definition) is 4. The van der Waals surface area contributed by atoms with Gasteiger partial charge in [0.2, 0.25) is 0 Å². The van der Waals surface area contributed by atoms with E-state index in [-0.39, 0.29) is 11.6 Å². The molecule has 0 unspecified atom stereocenters. The quantitative estimate of drug-likeness (QED) is 0.571. The van der Waals surface area contributed by atoms with Gasteiger partial charge in [-0.25, -0.2) is 9.89 Å². The molecule has 1 aromatic heterocycles. The van der Waals surface area contributed by atoms with Crippen LogP contribution in [0, 0.1) is 0 Å². The normalized spacial score (nSPS) is 12.0. The van der Waals surface area contributed by atoms with Crippen molar-refractivity contribution in [1.82, 2.24) is 20.5 Å². The fraction of sp³-hybridized carbons (Fsp3) is 0.278. The summed E-state index contributed by atoms with van der Waals surface area (Å²) in [6.45, 7) is 2.21. The predicted molar refractivity (Wildman–Crippen MR) is 94.6 cm³/mol. The Kier molecular flexibility index (Phi) is 5.13. The number of amides is 1. The Morgan fingerprint density at radius 3 is 2.84 bits per heavy atom. The van der Waals surface area contributed by atoms with Crippen molar-refractivity contribution in [1.29, 1.82) is 0 Å². The first-order chi connectivity index (χ1) is 12.1. The summed E-state index contributed by atoms with van der Waals surface area (Å²) in [4.78, 5) is 25.7. The van der Waals surface area contributed by atoms with E-state index in [9.17, 15) is 9.59 Å². The summed E-state index contributed by atoms with van der Waals surface area (Å²) in [5.41, 5.74) is -0.323. The lowest BCUT2D eigenvalue weighted by Crippen LogP contribution is -2.37. The van der Waals surface area contributed by atoms with Crippen molar-refractivity contribution in [3.05, 3.63) is 58.8 Å². The van der Waals surface area contributed by atoms with Crippen molar-refractivity contribution in [3.63, 3.8) is 0 Å². The molecule has 25 heavy (non-hydrogen) atoms. The largest absolute Gasteiger partial charge is 0.480 e. The molecule has 0 aliphatic carbocycles. The van der Waals surface area contributed by atoms with Crippen molar-refractivity contribution in [2.45, 2.75) is 25.9 Å². The van der Waals surface area contributed by atoms with Crippen LogP contribution < -0.4 is 15.7 Å². The maximum atomic E-state index is 12.2. The fourth-order valence-corrected chi connectivity index (χ4v) is 2.58. The van der Waals surface area contributed by atoms with E-state index in [1.807, 2.05) is 42.5 Å². The van der Waals surface area contributed by atoms with Gasteiger partial charge in [0, 0.05) is 18.4 Å². The van der Waals surface area contributed by atoms with Gasteiger partial charge in [0.1, 0.15) is 11.6 Å². The number of aromatic amines is 2. The van der Waals surface area contributed by atoms with Crippen LogP contribution in [0.15, 0.2) is 47.3 Å². The molecule has 7 nitrogen and oxygen atoms in total. The topological polar surface area (TPSA) is 99.9 Å². The number of rotatable bonds is 7. The third-order valence-corrected chi connectivity index (χ3v) is 3.86. The number of carbonyl (C=O) groups is 1. The molecule has 0 spiro atoms. The van der Waals surface area contributed by atoms with Gasteiger partial charge in [-0.3, -0.25) is 9.78 Å². The Balaban J connectivity index is 1.51. The number of aromatic nitrogens is 3. The van der Waals surface area contributed by atoms with Crippen LogP contribution in [0.25, 0.3) is 10.8 Å². The zero-order chi connectivity index (χ0) is 17.6. The number of benzene rings is 2. The lowest BCUT2D eigenvalue weighted by molar-refractivity contribution is -0.127. The minimum atomic E-state index is -0.601. The highest BCUT2D eigenvalue weighted by Gasteiger charge is 2.15. The van der Waals surface area contributed by atoms with E-state index in [0.717, 1.165) is 10.8 Å². The number of carbonyl (C=O) groups excluding carboxylic acids is 1. The van der Waals surface area contributed by atoms with Crippen LogP contribution in [-0.4, -0.2) is 33.7 Å². The van der Waals surface area contributed by atoms with Gasteiger partial charge in [-0.2, -0.15) is 5.10 Å². The number of fused-ring (bicyclic) bond motifs is 1. The number of ether oxygens (including phenoxy) is 1. The van der Waals surface area contributed by atoms with Crippen LogP contribution in [0.4, 0.5) is 0 Å². The molecule has 130 valence electrons. The molecule has 0 saturated carbocycles. The lowest BCUT2D eigenvalue weighted by atomic mass is 10.1. The average Bonchev–Trinajstić information content (AvgIpc) is 3.04. The molecule has 7 heteroatoms. The molecule has 2 aromatic carbocycles. The average molecular weight is 340 g/mol. The van der Waals surface area contributed by atoms with Crippen molar-refractivity contribution in [2.75, 3.05) is 6.54 Å². The van der Waals surface area contributed by atoms with Crippen molar-refractivity contribution in [3.8, 4) is 5.75 Å². The van der Waals surface area contributed by atoms with E-state index in [1.165, 1.54) is 0 Å². The fourth-order valence-electron chi connectivity index (χ4n) is 2.58. The van der Waals surface area contributed by atoms with E-state index in [1.54, 1.807) is 6.92 Å². The molecular formula is C18H20N4O3. The van der Waals surface area contributed by atoms with Crippen LogP contribution in [0.1, 0.15) is 19.2 Å². The zero-order valence-electron chi connectivity index (χ0n) is 13.9. The van der Waals surface area contributed by atoms with E-state index in [2.05, 4.69) is 20.5 Å². The van der Waals surface area contributed by atoms with Gasteiger partial charge in [-0.05, 0) is 24.8 Å². The maximum Gasteiger partial charge on any atom is 0.340 e. The summed E-state index contributed by atoms with van der Waals surface area (Å²) in [7, 11) is 0. The molecule has 0 saturated heterocycles. The van der Waals surface area contributed by atoms with Crippen molar-refractivity contribution < 1.29 is 9.53 Å². The second kappa shape index (κ2) is 7.65. The first-order valence-electron chi connectivity index (χ1n) is 8.19. The van der Waals surface area contributed by atoms with Gasteiger partial charge < -0.3 is 10.1 Å². The number of nitrogens with zero attached hydrogens (tertiary/aromatic N) is 1. The molecular weight excluding hydrogens is 320 g/mol. The Morgan fingerprint density at radius 1 is 1.24 bits per heavy atom. The summed E-state index contributed by atoms with van der Waals surface area (Å²) in [6.07, 6.45) is 0.654. The van der Waals surface area contributed by atoms with Gasteiger partial charge in [-0.15, -0.1) is 0 Å². The van der Waals surface area contributed by atoms with Crippen LogP contribution in [0.2, 0.25) is 0 Å². The molecule has 0 aliphatic rings. The molecule has 1 atom stereocenters. The minimum Gasteiger partial charge on any atom is -0.480 e. The Bertz CT molecular complexity index is 910. The van der Waals surface area contributed by atoms with E-state index < -0.39 is 6.10 Å². The molecule has 1 heterocycles. The Hall–Kier alpha value is -3.09. The highest BCUT2D eigenvalue weighted by molar-refractivity contribution is 5.89. The molecule has 0 aliphatic heterocycles. The van der Waals surface area contributed by atoms with Crippen molar-refractivity contribution >= 4 is 16.7 Å². The van der Waals surface area contributed by atoms with Crippen LogP contribution in [0.5, 0.6) is 5.75 Å². The molecule has 1 amide bonds. The summed E-state index contributed by atoms with van der Waals surface area (Å²) in [6, 6.07) is 13.7. The smallest absolute Gasteiger partial charge is 0.340 e. The molecule has 0 radical (unpaired) electrons. The molecule has 3 N–H and O–H groups in total. The monoisotopic (exact) mass is 340 g/mol. The standard InChI is InChI=1S/C18H20N4O3/c1-12(17(23)19-11-5-10-16-20-18(24)22-21-16)25-15-9-4-7-13-6-2-3-8-14(13)15/h2-4,6-9,12H,5,10-11H2,1H3,(H,19,23)(H2,20,21,22,24)/t12-/m1/s1. The van der Waals surface area contributed by atoms with Gasteiger partial charge in [0.05, 0.1) is 0 Å². The zero-order valence-corrected chi connectivity index (χ0v) is 13.9. The van der Waals surface area contributed by atoms with Crippen LogP contribution in [0.3, 0.4) is 0 Å². The summed E-state index contributed by atoms with van der Waals surface area (Å²) in [5, 5.41) is 11.0. The Labute approximate surface area is 144 Å². The first-order valence-corrected chi connectivity index (χ1v) is 8.19. The van der Waals surface area contributed by atoms with E-state index >= 15 is 0 Å². The van der Waals surface area contributed by atoms with Gasteiger partial charge in [0.15, 0.2) is 6.10 Å². The maximum absolute atomic E-state index is 12.2. The number of hydrogen-bond donors (Lipinski definition) is 3. The molecule has 0 fully saturated rings. The highest BCUT2D eigenvalue weighted by atomic mass is 16.5. The summed E-state index contributed by atoms with van der Waals surface area (Å²) < 4.78 is 5.83. The van der Waals surface area contributed by atoms with Crippen molar-refractivity contribution in [2.24, 2.45) is 0 Å². The van der Waals surface area contributed by atoms with Crippen LogP contribution >= 0.6 is 0 Å². The third-order valence-electron chi connectivity index (χ3n) is 3.86. The number of aryl methyl sites for hydroxylation is 1. The third kappa shape index (κ3) is 4.26. The van der Waals surface area contributed by atoms with Gasteiger partial charge in [0.25, 0.3) is 5.91 Å². The van der Waals surface area contributed by atoms with E-state index in [4.69, 9.17) is 4.74 Å². The SMILES string of the molecule is C[C@@H](Oc1cccc2ccccc12)C(=O)NCCCc1n[nH]c(=O)[nH]1. The number of H-pyrrole nitrogens is 2. The summed E-state index contributed by atoms with van der Waals surface area (Å²) >= 11 is 0. The van der Waals surface area contributed by atoms with Gasteiger partial charge >= 0.3 is 5.69 Å². The molecule has 3 aromatic rings. The lowest BCUT2D eigenvalue weighted by Gasteiger charge is -2.16. The number of nitrogens with one attached hydrogen (secondary N) is 3. The summed E-state index contributed by atoms with van der Waals surface area (Å²) in [5.74, 6) is 1.10. The molecule has 3 rings (SSSR count). The first kappa shape index (κ1) is 16.8. The van der Waals surface area contributed by atoms with Crippen LogP contribution in [-0.2, 0) is 11.2 Å².